The molecule has 0 aliphatic carbocycles. The molecule has 0 spiro atoms. The molecule has 0 saturated carbocycles. The Morgan fingerprint density at radius 2 is 2.00 bits per heavy atom. The van der Waals surface area contributed by atoms with E-state index < -0.39 is 0 Å². The van der Waals surface area contributed by atoms with Crippen LogP contribution in [0.15, 0.2) is 22.0 Å². The molecule has 0 aromatic carbocycles. The molecule has 4 heterocycles. The van der Waals surface area contributed by atoms with Crippen molar-refractivity contribution in [2.45, 2.75) is 38.6 Å². The number of nitrogens with zero attached hydrogens (tertiary/aromatic N) is 4. The van der Waals surface area contributed by atoms with Crippen molar-refractivity contribution in [3.05, 3.63) is 23.4 Å². The lowest BCUT2D eigenvalue weighted by molar-refractivity contribution is -0.138. The van der Waals surface area contributed by atoms with Crippen molar-refractivity contribution in [1.29, 1.82) is 0 Å². The van der Waals surface area contributed by atoms with Gasteiger partial charge in [-0.3, -0.25) is 9.69 Å². The molecule has 0 N–H and O–H groups in total. The molecule has 0 unspecified atom stereocenters. The van der Waals surface area contributed by atoms with Crippen LogP contribution in [-0.4, -0.2) is 52.0 Å². The third-order valence-electron chi connectivity index (χ3n) is 5.17. The van der Waals surface area contributed by atoms with E-state index in [1.54, 1.807) is 11.3 Å². The minimum atomic E-state index is 0.193. The molecule has 2 aromatic rings. The van der Waals surface area contributed by atoms with Crippen molar-refractivity contribution in [3.8, 4) is 10.7 Å². The van der Waals surface area contributed by atoms with Crippen LogP contribution in [0.3, 0.4) is 0 Å². The molecule has 6 nitrogen and oxygen atoms in total. The minimum absolute atomic E-state index is 0.193. The summed E-state index contributed by atoms with van der Waals surface area (Å²) in [5.41, 5.74) is 0. The molecule has 0 radical (unpaired) electrons. The molecule has 2 aliphatic heterocycles. The summed E-state index contributed by atoms with van der Waals surface area (Å²) in [4.78, 5) is 22.5. The Morgan fingerprint density at radius 3 is 2.72 bits per heavy atom. The van der Waals surface area contributed by atoms with Crippen molar-refractivity contribution >= 4 is 17.2 Å². The number of likely N-dealkylation sites (tertiary alicyclic amines) is 2. The van der Waals surface area contributed by atoms with Gasteiger partial charge < -0.3 is 9.42 Å². The summed E-state index contributed by atoms with van der Waals surface area (Å²) in [6.45, 7) is 4.41. The fourth-order valence-corrected chi connectivity index (χ4v) is 4.38. The zero-order chi connectivity index (χ0) is 17.1. The van der Waals surface area contributed by atoms with E-state index in [1.165, 1.54) is 6.42 Å². The molecule has 1 amide bonds. The topological polar surface area (TPSA) is 62.5 Å². The standard InChI is InChI=1S/C18H24N4O2S/c23-18(22-8-2-1-3-9-22)14-6-10-21(11-7-14)13-16-19-17(20-24-16)15-5-4-12-25-15/h4-5,12,14H,1-3,6-11,13H2. The van der Waals surface area contributed by atoms with E-state index in [0.717, 1.165) is 56.7 Å². The van der Waals surface area contributed by atoms with E-state index in [2.05, 4.69) is 19.9 Å². The van der Waals surface area contributed by atoms with Crippen molar-refractivity contribution in [1.82, 2.24) is 19.9 Å². The maximum atomic E-state index is 12.6. The fourth-order valence-electron chi connectivity index (χ4n) is 3.73. The first kappa shape index (κ1) is 16.7. The second kappa shape index (κ2) is 7.66. The average Bonchev–Trinajstić information content (AvgIpc) is 3.34. The van der Waals surface area contributed by atoms with Gasteiger partial charge in [-0.05, 0) is 56.6 Å². The number of piperidine rings is 2. The van der Waals surface area contributed by atoms with Gasteiger partial charge in [-0.2, -0.15) is 4.98 Å². The highest BCUT2D eigenvalue weighted by Gasteiger charge is 2.29. The molecule has 2 saturated heterocycles. The number of amides is 1. The van der Waals surface area contributed by atoms with Crippen LogP contribution in [-0.2, 0) is 11.3 Å². The van der Waals surface area contributed by atoms with Crippen molar-refractivity contribution in [2.24, 2.45) is 5.92 Å². The molecule has 2 aromatic heterocycles. The van der Waals surface area contributed by atoms with E-state index >= 15 is 0 Å². The Labute approximate surface area is 151 Å². The molecule has 25 heavy (non-hydrogen) atoms. The monoisotopic (exact) mass is 360 g/mol. The highest BCUT2D eigenvalue weighted by atomic mass is 32.1. The first-order chi connectivity index (χ1) is 12.3. The normalized spacial score (nSPS) is 20.1. The Balaban J connectivity index is 1.28. The largest absolute Gasteiger partial charge is 0.342 e. The second-order valence-electron chi connectivity index (χ2n) is 6.93. The summed E-state index contributed by atoms with van der Waals surface area (Å²) in [6, 6.07) is 3.98. The smallest absolute Gasteiger partial charge is 0.241 e. The summed E-state index contributed by atoms with van der Waals surface area (Å²) >= 11 is 1.61. The van der Waals surface area contributed by atoms with Crippen LogP contribution >= 0.6 is 11.3 Å². The lowest BCUT2D eigenvalue weighted by atomic mass is 9.94. The number of thiophene rings is 1. The number of aromatic nitrogens is 2. The van der Waals surface area contributed by atoms with Gasteiger partial charge >= 0.3 is 0 Å². The van der Waals surface area contributed by atoms with Gasteiger partial charge in [0.25, 0.3) is 0 Å². The van der Waals surface area contributed by atoms with E-state index in [9.17, 15) is 4.79 Å². The molecule has 0 atom stereocenters. The van der Waals surface area contributed by atoms with Gasteiger partial charge in [0.05, 0.1) is 11.4 Å². The summed E-state index contributed by atoms with van der Waals surface area (Å²) < 4.78 is 5.39. The SMILES string of the molecule is O=C(C1CCN(Cc2nc(-c3cccs3)no2)CC1)N1CCCCC1. The minimum Gasteiger partial charge on any atom is -0.342 e. The van der Waals surface area contributed by atoms with Crippen molar-refractivity contribution in [3.63, 3.8) is 0 Å². The summed E-state index contributed by atoms with van der Waals surface area (Å²) in [6.07, 6.45) is 5.45. The third kappa shape index (κ3) is 3.93. The van der Waals surface area contributed by atoms with Gasteiger partial charge in [-0.25, -0.2) is 0 Å². The quantitative estimate of drug-likeness (QED) is 0.839. The van der Waals surface area contributed by atoms with Crippen LogP contribution in [0.5, 0.6) is 0 Å². The van der Waals surface area contributed by atoms with Gasteiger partial charge in [0.15, 0.2) is 0 Å². The molecule has 0 bridgehead atoms. The van der Waals surface area contributed by atoms with Gasteiger partial charge in [0.1, 0.15) is 0 Å². The zero-order valence-corrected chi connectivity index (χ0v) is 15.2. The maximum Gasteiger partial charge on any atom is 0.241 e. The van der Waals surface area contributed by atoms with Crippen LogP contribution in [0.25, 0.3) is 10.7 Å². The third-order valence-corrected chi connectivity index (χ3v) is 6.04. The number of hydrogen-bond donors (Lipinski definition) is 0. The lowest BCUT2D eigenvalue weighted by Crippen LogP contribution is -2.44. The Hall–Kier alpha value is -1.73. The van der Waals surface area contributed by atoms with Crippen LogP contribution < -0.4 is 0 Å². The summed E-state index contributed by atoms with van der Waals surface area (Å²) in [5.74, 6) is 1.89. The van der Waals surface area contributed by atoms with E-state index in [-0.39, 0.29) is 5.92 Å². The average molecular weight is 360 g/mol. The Bertz CT molecular complexity index is 686. The Kier molecular flexibility index (Phi) is 5.12. The maximum absolute atomic E-state index is 12.6. The molecular formula is C18H24N4O2S. The molecule has 4 rings (SSSR count). The summed E-state index contributed by atoms with van der Waals surface area (Å²) in [7, 11) is 0. The first-order valence-electron chi connectivity index (χ1n) is 9.17. The predicted octanol–water partition coefficient (Wildman–Crippen LogP) is 3.02. The zero-order valence-electron chi connectivity index (χ0n) is 14.4. The van der Waals surface area contributed by atoms with E-state index in [0.29, 0.717) is 24.2 Å². The van der Waals surface area contributed by atoms with Crippen LogP contribution in [0.2, 0.25) is 0 Å². The molecule has 7 heteroatoms. The van der Waals surface area contributed by atoms with Crippen molar-refractivity contribution in [2.75, 3.05) is 26.2 Å². The highest BCUT2D eigenvalue weighted by Crippen LogP contribution is 2.24. The number of rotatable bonds is 4. The van der Waals surface area contributed by atoms with E-state index in [1.807, 2.05) is 17.5 Å². The van der Waals surface area contributed by atoms with Gasteiger partial charge in [-0.15, -0.1) is 11.3 Å². The second-order valence-corrected chi connectivity index (χ2v) is 7.87. The fraction of sp³-hybridized carbons (Fsp3) is 0.611. The van der Waals surface area contributed by atoms with Crippen LogP contribution in [0, 0.1) is 5.92 Å². The first-order valence-corrected chi connectivity index (χ1v) is 10.0. The van der Waals surface area contributed by atoms with Crippen LogP contribution in [0.1, 0.15) is 38.0 Å². The number of hydrogen-bond acceptors (Lipinski definition) is 6. The highest BCUT2D eigenvalue weighted by molar-refractivity contribution is 7.13. The number of carbonyl (C=O) groups is 1. The molecule has 2 aliphatic rings. The molecule has 134 valence electrons. The summed E-state index contributed by atoms with van der Waals surface area (Å²) in [5, 5.41) is 6.07. The van der Waals surface area contributed by atoms with Gasteiger partial charge in [-0.1, -0.05) is 11.2 Å². The number of carbonyl (C=O) groups excluding carboxylic acids is 1. The van der Waals surface area contributed by atoms with Gasteiger partial charge in [0, 0.05) is 19.0 Å². The molecule has 2 fully saturated rings. The van der Waals surface area contributed by atoms with Crippen molar-refractivity contribution < 1.29 is 9.32 Å². The predicted molar refractivity (Wildman–Crippen MR) is 96.0 cm³/mol. The van der Waals surface area contributed by atoms with Crippen LogP contribution in [0.4, 0.5) is 0 Å². The van der Waals surface area contributed by atoms with E-state index in [4.69, 9.17) is 4.52 Å². The lowest BCUT2D eigenvalue weighted by Gasteiger charge is -2.35. The Morgan fingerprint density at radius 1 is 1.20 bits per heavy atom. The molecular weight excluding hydrogens is 336 g/mol. The van der Waals surface area contributed by atoms with Gasteiger partial charge in [0.2, 0.25) is 17.6 Å².